The van der Waals surface area contributed by atoms with Crippen molar-refractivity contribution in [3.63, 3.8) is 0 Å². The van der Waals surface area contributed by atoms with E-state index in [0.717, 1.165) is 81.7 Å². The maximum absolute atomic E-state index is 14.5. The Morgan fingerprint density at radius 2 is 1.70 bits per heavy atom. The van der Waals surface area contributed by atoms with Crippen LogP contribution in [0.2, 0.25) is 0 Å². The summed E-state index contributed by atoms with van der Waals surface area (Å²) < 4.78 is 49.9. The molecule has 3 aromatic carbocycles. The van der Waals surface area contributed by atoms with Gasteiger partial charge in [0.2, 0.25) is 0 Å². The molecule has 11 rings (SSSR count). The zero-order valence-electron chi connectivity index (χ0n) is 42.2. The summed E-state index contributed by atoms with van der Waals surface area (Å²) in [5.74, 6) is 0.272. The Morgan fingerprint density at radius 3 is 2.45 bits per heavy atom. The van der Waals surface area contributed by atoms with E-state index in [2.05, 4.69) is 62.9 Å². The number of benzene rings is 3. The van der Waals surface area contributed by atoms with Crippen molar-refractivity contribution >= 4 is 44.0 Å². The van der Waals surface area contributed by atoms with Crippen molar-refractivity contribution in [3.8, 4) is 23.1 Å². The lowest BCUT2D eigenvalue weighted by molar-refractivity contribution is -0.384. The van der Waals surface area contributed by atoms with Crippen LogP contribution in [-0.2, 0) is 10.0 Å². The van der Waals surface area contributed by atoms with E-state index in [4.69, 9.17) is 19.2 Å². The topological polar surface area (TPSA) is 201 Å². The summed E-state index contributed by atoms with van der Waals surface area (Å²) >= 11 is 0. The van der Waals surface area contributed by atoms with Crippen LogP contribution >= 0.6 is 0 Å². The molecule has 2 atom stereocenters. The maximum Gasteiger partial charge on any atom is 0.297 e. The number of nitro groups is 1. The van der Waals surface area contributed by atoms with E-state index in [9.17, 15) is 28.4 Å². The Bertz CT molecular complexity index is 2980. The fourth-order valence-electron chi connectivity index (χ4n) is 13.0. The van der Waals surface area contributed by atoms with Crippen LogP contribution in [0.3, 0.4) is 0 Å². The number of sulfonamides is 1. The van der Waals surface area contributed by atoms with E-state index >= 15 is 0 Å². The number of aromatic nitrogens is 2. The van der Waals surface area contributed by atoms with E-state index in [-0.39, 0.29) is 64.5 Å². The lowest BCUT2D eigenvalue weighted by Gasteiger charge is -2.56. The van der Waals surface area contributed by atoms with Crippen LogP contribution in [0.25, 0.3) is 11.0 Å². The highest BCUT2D eigenvalue weighted by atomic mass is 32.2. The highest BCUT2D eigenvalue weighted by molar-refractivity contribution is 7.90. The molecule has 6 aliphatic rings. The van der Waals surface area contributed by atoms with Crippen molar-refractivity contribution in [1.82, 2.24) is 19.6 Å². The number of piperidine rings is 1. The van der Waals surface area contributed by atoms with Gasteiger partial charge in [-0.25, -0.2) is 13.1 Å². The number of rotatable bonds is 13. The van der Waals surface area contributed by atoms with Crippen molar-refractivity contribution in [2.75, 3.05) is 36.5 Å². The molecule has 2 aromatic heterocycles. The second-order valence-electron chi connectivity index (χ2n) is 22.5. The highest BCUT2D eigenvalue weighted by Gasteiger charge is 2.50. The van der Waals surface area contributed by atoms with Crippen LogP contribution in [-0.4, -0.2) is 89.3 Å². The summed E-state index contributed by atoms with van der Waals surface area (Å²) in [6.07, 6.45) is 16.2. The molecule has 1 amide bonds. The number of pyridine rings is 1. The number of hydrogen-bond acceptors (Lipinski definition) is 13. The molecule has 16 nitrogen and oxygen atoms in total. The molecule has 0 bridgehead atoms. The number of ether oxygens (including phenoxy) is 3. The Kier molecular flexibility index (Phi) is 13.3. The molecule has 73 heavy (non-hydrogen) atoms. The smallest absolute Gasteiger partial charge is 0.297 e. The Balaban J connectivity index is 0.845. The van der Waals surface area contributed by atoms with Gasteiger partial charge in [0.25, 0.3) is 27.5 Å². The number of aromatic amines is 1. The molecular formula is C56H69N7O9S. The van der Waals surface area contributed by atoms with Gasteiger partial charge in [-0.3, -0.25) is 19.8 Å². The quantitative estimate of drug-likeness (QED) is 0.0642. The molecule has 2 saturated heterocycles. The average molecular weight is 1020 g/mol. The van der Waals surface area contributed by atoms with Crippen molar-refractivity contribution in [3.05, 3.63) is 99.7 Å². The zero-order chi connectivity index (χ0) is 50.6. The van der Waals surface area contributed by atoms with Gasteiger partial charge in [0, 0.05) is 60.6 Å². The van der Waals surface area contributed by atoms with Crippen LogP contribution in [0.4, 0.5) is 17.1 Å². The fraction of sp³-hybridized carbons (Fsp3) is 0.536. The summed E-state index contributed by atoms with van der Waals surface area (Å²) in [5.41, 5.74) is 3.46. The predicted molar refractivity (Wildman–Crippen MR) is 279 cm³/mol. The summed E-state index contributed by atoms with van der Waals surface area (Å²) in [7, 11) is -4.71. The summed E-state index contributed by atoms with van der Waals surface area (Å²) in [4.78, 5) is 38.9. The molecular weight excluding hydrogens is 947 g/mol. The van der Waals surface area contributed by atoms with Gasteiger partial charge in [0.05, 0.1) is 27.0 Å². The van der Waals surface area contributed by atoms with E-state index in [1.54, 1.807) is 18.3 Å². The molecule has 3 saturated carbocycles. The minimum Gasteiger partial charge on any atom is -0.489 e. The molecule has 4 N–H and O–H groups in total. The number of hydrogen-bond donors (Lipinski definition) is 4. The standard InChI is InChI=1S/C56H69N7O9S/c1-35(2)42-12-7-8-13-43(42)46-14-9-25-62(46)39-32-56(33-39)22-26-61(27-23-56)38-15-16-44(48(29-38)72-50-28-37-19-24-57-52(37)59-54(50)71-40-10-5-4-6-11-40)53(64)60-73(68,69)41-30-47(63(66)67)51-49(31-41)70-34-45(58-51)36-17-20-55(3,65)21-18-36/h7-8,12-13,15-16,19,24,28-31,35-36,39-40,45-46,58,65H,4-6,9-11,14,17-18,20-23,25-27,32-34H2,1-3H3,(H,57,59)(H,60,64)/t36-,45-,46-,55-/m1/s1. The van der Waals surface area contributed by atoms with Gasteiger partial charge in [-0.15, -0.1) is 0 Å². The molecule has 5 fully saturated rings. The highest BCUT2D eigenvalue weighted by Crippen LogP contribution is 2.55. The van der Waals surface area contributed by atoms with Crippen LogP contribution in [0.1, 0.15) is 151 Å². The molecule has 0 unspecified atom stereocenters. The van der Waals surface area contributed by atoms with Gasteiger partial charge >= 0.3 is 0 Å². The van der Waals surface area contributed by atoms with Crippen LogP contribution < -0.4 is 29.1 Å². The van der Waals surface area contributed by atoms with Crippen molar-refractivity contribution in [1.29, 1.82) is 0 Å². The molecule has 3 aliphatic carbocycles. The van der Waals surface area contributed by atoms with E-state index in [0.29, 0.717) is 49.3 Å². The van der Waals surface area contributed by atoms with Gasteiger partial charge in [-0.1, -0.05) is 44.5 Å². The first kappa shape index (κ1) is 49.3. The average Bonchev–Trinajstić information content (AvgIpc) is 4.05. The van der Waals surface area contributed by atoms with E-state index in [1.807, 2.05) is 25.1 Å². The van der Waals surface area contributed by atoms with Gasteiger partial charge < -0.3 is 34.5 Å². The second kappa shape index (κ2) is 19.7. The molecule has 388 valence electrons. The van der Waals surface area contributed by atoms with Crippen molar-refractivity contribution in [2.45, 2.75) is 158 Å². The summed E-state index contributed by atoms with van der Waals surface area (Å²) in [6.45, 7) is 9.32. The number of aliphatic hydroxyl groups is 1. The second-order valence-corrected chi connectivity index (χ2v) is 24.2. The molecule has 3 aliphatic heterocycles. The number of fused-ring (bicyclic) bond motifs is 2. The number of carbonyl (C=O) groups excluding carboxylic acids is 1. The number of likely N-dealkylation sites (tertiary alicyclic amines) is 1. The normalized spacial score (nSPS) is 24.7. The van der Waals surface area contributed by atoms with Crippen molar-refractivity contribution in [2.24, 2.45) is 11.3 Å². The number of amides is 1. The third-order valence-electron chi connectivity index (χ3n) is 17.2. The SMILES string of the molecule is CC(C)c1ccccc1[C@H]1CCCN1C1CC2(CCN(c3ccc(C(=O)NS(=O)(=O)c4cc5c(c([N+](=O)[O-])c4)N[C@@H]([C@H]4CC[C@](C)(O)CC4)CO5)c(Oc4cc5cc[nH]c5nc4OC4CCCCC4)c3)CC2)C1. The Hall–Kier alpha value is -5.91. The Morgan fingerprint density at radius 1 is 0.932 bits per heavy atom. The summed E-state index contributed by atoms with van der Waals surface area (Å²) in [6, 6.07) is 20.8. The first-order valence-electron chi connectivity index (χ1n) is 26.7. The van der Waals surface area contributed by atoms with Crippen LogP contribution in [0.15, 0.2) is 77.8 Å². The first-order valence-corrected chi connectivity index (χ1v) is 28.2. The largest absolute Gasteiger partial charge is 0.489 e. The van der Waals surface area contributed by atoms with Crippen LogP contribution in [0, 0.1) is 21.4 Å². The number of nitrogens with zero attached hydrogens (tertiary/aromatic N) is 4. The van der Waals surface area contributed by atoms with Gasteiger partial charge in [-0.05, 0) is 156 Å². The van der Waals surface area contributed by atoms with E-state index < -0.39 is 37.0 Å². The van der Waals surface area contributed by atoms with Crippen LogP contribution in [0.5, 0.6) is 23.1 Å². The monoisotopic (exact) mass is 1020 g/mol. The Labute approximate surface area is 427 Å². The van der Waals surface area contributed by atoms with Crippen molar-refractivity contribution < 1.29 is 37.5 Å². The first-order chi connectivity index (χ1) is 35.1. The lowest BCUT2D eigenvalue weighted by atomic mass is 9.59. The van der Waals surface area contributed by atoms with Gasteiger partial charge in [0.1, 0.15) is 24.1 Å². The summed E-state index contributed by atoms with van der Waals surface area (Å²) in [5, 5.41) is 27.1. The van der Waals surface area contributed by atoms with E-state index in [1.165, 1.54) is 42.9 Å². The number of nitro benzene ring substituents is 1. The molecule has 1 spiro atoms. The number of anilines is 2. The minimum atomic E-state index is -4.71. The molecule has 5 heterocycles. The third-order valence-corrected chi connectivity index (χ3v) is 18.5. The number of nitrogens with one attached hydrogen (secondary N) is 3. The van der Waals surface area contributed by atoms with Gasteiger partial charge in [0.15, 0.2) is 17.2 Å². The lowest BCUT2D eigenvalue weighted by Crippen LogP contribution is -2.54. The predicted octanol–water partition coefficient (Wildman–Crippen LogP) is 10.9. The van der Waals surface area contributed by atoms with Gasteiger partial charge in [-0.2, -0.15) is 4.98 Å². The third kappa shape index (κ3) is 10.1. The zero-order valence-corrected chi connectivity index (χ0v) is 43.1. The molecule has 17 heteroatoms. The molecule has 5 aromatic rings. The number of H-pyrrole nitrogens is 1. The molecule has 0 radical (unpaired) electrons. The maximum atomic E-state index is 14.5. The minimum absolute atomic E-state index is 0.000912. The number of carbonyl (C=O) groups is 1. The fourth-order valence-corrected chi connectivity index (χ4v) is 14.0.